The number of carbonyl (C=O) groups is 2. The largest absolute Gasteiger partial charge is 0.479 e. The topological polar surface area (TPSA) is 166 Å². The number of nitrogens with zero attached hydrogens (tertiary/aromatic N) is 1. The fourth-order valence-corrected chi connectivity index (χ4v) is 7.62. The van der Waals surface area contributed by atoms with E-state index in [0.29, 0.717) is 25.2 Å². The molecule has 37 heavy (non-hydrogen) atoms. The van der Waals surface area contributed by atoms with Gasteiger partial charge in [0.15, 0.2) is 29.5 Å². The van der Waals surface area contributed by atoms with Gasteiger partial charge in [-0.15, -0.1) is 0 Å². The van der Waals surface area contributed by atoms with Gasteiger partial charge in [0.05, 0.1) is 11.0 Å². The summed E-state index contributed by atoms with van der Waals surface area (Å²) in [6.45, 7) is 1.69. The molecule has 4 fully saturated rings. The van der Waals surface area contributed by atoms with Crippen LogP contribution in [0.4, 0.5) is 0 Å². The third-order valence-corrected chi connectivity index (χ3v) is 9.60. The van der Waals surface area contributed by atoms with Crippen molar-refractivity contribution >= 4 is 11.8 Å². The first-order chi connectivity index (χ1) is 17.7. The fraction of sp³-hybridized carbons (Fsp3) is 0.692. The highest BCUT2D eigenvalue weighted by atomic mass is 16.7. The minimum Gasteiger partial charge on any atom is -0.479 e. The lowest BCUT2D eigenvalue weighted by Crippen LogP contribution is -2.76. The Morgan fingerprint density at radius 2 is 1.92 bits per heavy atom. The number of carbonyl (C=O) groups excluding carboxylic acids is 1. The van der Waals surface area contributed by atoms with Gasteiger partial charge in [-0.2, -0.15) is 0 Å². The highest BCUT2D eigenvalue weighted by molar-refractivity contribution is 5.90. The molecule has 7 rings (SSSR count). The van der Waals surface area contributed by atoms with Crippen LogP contribution in [0.5, 0.6) is 11.5 Å². The molecular formula is C26H31NO10. The standard InChI is InChI=1S/C26H31NO10/c28-13-5-6-26(34)15-9-12-3-4-14(35-24-19(31)17(29)18(30)21(37-24)23(32)33)20-16(12)25(26,22(13)36-20)7-8-27(15)10-11-1-2-11/h3-4,11,15,17-19,21-22,24,29-31,34H,1-2,5-10H2,(H,32,33)/t15-,17+,18+,19+,21?,22+,24-,25+,26-/m1/s1. The van der Waals surface area contributed by atoms with Crippen molar-refractivity contribution in [2.45, 2.75) is 92.4 Å². The molecule has 0 amide bonds. The third-order valence-electron chi connectivity index (χ3n) is 9.60. The summed E-state index contributed by atoms with van der Waals surface area (Å²) in [5.74, 6) is -0.520. The SMILES string of the molecule is O=C(O)C1O[C@@H](Oc2ccc3c4c2O[C@H]2C(=O)CC[C@@]5(O)[C@@H](C3)N(CC3CC3)CC[C@]425)[C@@H](O)[C@@H](O)[C@@H]1O. The minimum absolute atomic E-state index is 0.0764. The maximum atomic E-state index is 13.2. The highest BCUT2D eigenvalue weighted by Gasteiger charge is 2.73. The Bertz CT molecular complexity index is 1170. The highest BCUT2D eigenvalue weighted by Crippen LogP contribution is 2.65. The van der Waals surface area contributed by atoms with Crippen molar-refractivity contribution in [3.8, 4) is 11.5 Å². The van der Waals surface area contributed by atoms with Crippen LogP contribution in [0.1, 0.15) is 43.2 Å². The summed E-state index contributed by atoms with van der Waals surface area (Å²) in [7, 11) is 0. The normalized spacial score (nSPS) is 44.2. The molecule has 1 unspecified atom stereocenters. The van der Waals surface area contributed by atoms with Gasteiger partial charge < -0.3 is 39.7 Å². The number of aliphatic hydroxyl groups is 4. The van der Waals surface area contributed by atoms with Gasteiger partial charge in [0.25, 0.3) is 0 Å². The van der Waals surface area contributed by atoms with Gasteiger partial charge in [0.1, 0.15) is 18.3 Å². The van der Waals surface area contributed by atoms with E-state index in [0.717, 1.165) is 24.2 Å². The van der Waals surface area contributed by atoms with Crippen LogP contribution >= 0.6 is 0 Å². The first-order valence-electron chi connectivity index (χ1n) is 13.1. The van der Waals surface area contributed by atoms with Gasteiger partial charge in [-0.1, -0.05) is 6.07 Å². The summed E-state index contributed by atoms with van der Waals surface area (Å²) in [4.78, 5) is 27.1. The lowest BCUT2D eigenvalue weighted by atomic mass is 9.49. The van der Waals surface area contributed by atoms with Crippen LogP contribution in [0.3, 0.4) is 0 Å². The van der Waals surface area contributed by atoms with E-state index in [4.69, 9.17) is 14.2 Å². The number of piperidine rings is 1. The van der Waals surface area contributed by atoms with Crippen LogP contribution in [0.15, 0.2) is 12.1 Å². The summed E-state index contributed by atoms with van der Waals surface area (Å²) in [6, 6.07) is 3.37. The van der Waals surface area contributed by atoms with Gasteiger partial charge in [-0.05, 0) is 56.2 Å². The van der Waals surface area contributed by atoms with Crippen LogP contribution in [-0.4, -0.2) is 104 Å². The van der Waals surface area contributed by atoms with Gasteiger partial charge in [0, 0.05) is 24.6 Å². The Balaban J connectivity index is 1.29. The van der Waals surface area contributed by atoms with E-state index in [1.54, 1.807) is 6.07 Å². The van der Waals surface area contributed by atoms with Crippen LogP contribution in [0, 0.1) is 5.92 Å². The molecule has 2 bridgehead atoms. The molecule has 9 atom stereocenters. The van der Waals surface area contributed by atoms with Crippen LogP contribution in [0.2, 0.25) is 0 Å². The van der Waals surface area contributed by atoms with Gasteiger partial charge in [-0.3, -0.25) is 9.69 Å². The predicted octanol–water partition coefficient (Wildman–Crippen LogP) is -0.909. The first-order valence-corrected chi connectivity index (χ1v) is 13.1. The summed E-state index contributed by atoms with van der Waals surface area (Å²) in [5, 5.41) is 52.4. The van der Waals surface area contributed by atoms with Gasteiger partial charge >= 0.3 is 5.97 Å². The number of aliphatic carboxylic acids is 1. The van der Waals surface area contributed by atoms with Crippen molar-refractivity contribution in [1.29, 1.82) is 0 Å². The predicted molar refractivity (Wildman–Crippen MR) is 123 cm³/mol. The van der Waals surface area contributed by atoms with Crippen molar-refractivity contribution < 1.29 is 49.3 Å². The number of ketones is 1. The van der Waals surface area contributed by atoms with Crippen LogP contribution in [0.25, 0.3) is 0 Å². The molecule has 2 saturated carbocycles. The number of ether oxygens (including phenoxy) is 3. The number of hydrogen-bond donors (Lipinski definition) is 5. The smallest absolute Gasteiger partial charge is 0.335 e. The quantitative estimate of drug-likeness (QED) is 0.328. The number of hydrogen-bond acceptors (Lipinski definition) is 10. The van der Waals surface area contributed by atoms with Crippen molar-refractivity contribution in [2.24, 2.45) is 5.92 Å². The number of carboxylic acid groups (broad SMARTS) is 1. The number of benzene rings is 1. The maximum Gasteiger partial charge on any atom is 0.335 e. The minimum atomic E-state index is -1.84. The van der Waals surface area contributed by atoms with Crippen LogP contribution < -0.4 is 9.47 Å². The molecule has 3 aliphatic heterocycles. The molecule has 0 radical (unpaired) electrons. The number of likely N-dealkylation sites (tertiary alicyclic amines) is 1. The lowest BCUT2D eigenvalue weighted by molar-refractivity contribution is -0.271. The summed E-state index contributed by atoms with van der Waals surface area (Å²) in [5.41, 5.74) is -0.349. The Hall–Kier alpha value is -2.28. The summed E-state index contributed by atoms with van der Waals surface area (Å²) in [6.07, 6.45) is -5.51. The average Bonchev–Trinajstić information content (AvgIpc) is 3.61. The monoisotopic (exact) mass is 517 g/mol. The number of rotatable bonds is 5. The van der Waals surface area contributed by atoms with E-state index in [2.05, 4.69) is 4.90 Å². The second-order valence-corrected chi connectivity index (χ2v) is 11.5. The summed E-state index contributed by atoms with van der Waals surface area (Å²) < 4.78 is 17.5. The molecule has 0 aromatic heterocycles. The second-order valence-electron chi connectivity index (χ2n) is 11.5. The van der Waals surface area contributed by atoms with E-state index in [1.807, 2.05) is 6.07 Å². The fourth-order valence-electron chi connectivity index (χ4n) is 7.62. The second kappa shape index (κ2) is 7.87. The molecule has 11 nitrogen and oxygen atoms in total. The molecule has 6 aliphatic rings. The zero-order valence-electron chi connectivity index (χ0n) is 20.2. The van der Waals surface area contributed by atoms with Gasteiger partial charge in [0.2, 0.25) is 6.29 Å². The van der Waals surface area contributed by atoms with E-state index >= 15 is 0 Å². The molecule has 1 aromatic rings. The maximum absolute atomic E-state index is 13.2. The molecule has 2 saturated heterocycles. The number of carboxylic acids is 1. The van der Waals surface area contributed by atoms with E-state index < -0.39 is 53.8 Å². The average molecular weight is 518 g/mol. The lowest BCUT2D eigenvalue weighted by Gasteiger charge is -2.62. The first kappa shape index (κ1) is 23.8. The molecular weight excluding hydrogens is 486 g/mol. The van der Waals surface area contributed by atoms with E-state index in [-0.39, 0.29) is 29.7 Å². The molecule has 3 aliphatic carbocycles. The molecule has 200 valence electrons. The van der Waals surface area contributed by atoms with Crippen molar-refractivity contribution in [1.82, 2.24) is 4.90 Å². The summed E-state index contributed by atoms with van der Waals surface area (Å²) >= 11 is 0. The van der Waals surface area contributed by atoms with Crippen molar-refractivity contribution in [3.05, 3.63) is 23.3 Å². The van der Waals surface area contributed by atoms with Crippen LogP contribution in [-0.2, 0) is 26.2 Å². The van der Waals surface area contributed by atoms with Gasteiger partial charge in [-0.25, -0.2) is 4.79 Å². The Kier molecular flexibility index (Phi) is 5.07. The molecule has 5 N–H and O–H groups in total. The van der Waals surface area contributed by atoms with Crippen molar-refractivity contribution in [2.75, 3.05) is 13.1 Å². The Labute approximate surface area is 212 Å². The van der Waals surface area contributed by atoms with E-state index in [1.165, 1.54) is 12.8 Å². The third kappa shape index (κ3) is 3.09. The number of Topliss-reactive ketones (excluding diaryl/α,β-unsaturated/α-hetero) is 1. The Morgan fingerprint density at radius 1 is 1.14 bits per heavy atom. The van der Waals surface area contributed by atoms with Crippen molar-refractivity contribution in [3.63, 3.8) is 0 Å². The van der Waals surface area contributed by atoms with E-state index in [9.17, 15) is 35.1 Å². The number of aliphatic hydroxyl groups excluding tert-OH is 3. The molecule has 3 heterocycles. The zero-order chi connectivity index (χ0) is 25.9. The zero-order valence-corrected chi connectivity index (χ0v) is 20.2. The Morgan fingerprint density at radius 3 is 2.65 bits per heavy atom. The molecule has 11 heteroatoms. The molecule has 1 aromatic carbocycles. The molecule has 1 spiro atoms.